The lowest BCUT2D eigenvalue weighted by Gasteiger charge is -2.37. The number of rotatable bonds is 6. The number of anilines is 2. The van der Waals surface area contributed by atoms with Gasteiger partial charge in [-0.1, -0.05) is 23.4 Å². The summed E-state index contributed by atoms with van der Waals surface area (Å²) in [7, 11) is 0. The molecule has 1 amide bonds. The highest BCUT2D eigenvalue weighted by molar-refractivity contribution is 7.13. The minimum atomic E-state index is -0.245. The second-order valence-corrected chi connectivity index (χ2v) is 7.54. The summed E-state index contributed by atoms with van der Waals surface area (Å²) in [6, 6.07) is 3.74. The van der Waals surface area contributed by atoms with Crippen molar-refractivity contribution in [3.8, 4) is 0 Å². The number of pyridine rings is 1. The van der Waals surface area contributed by atoms with Gasteiger partial charge in [-0.15, -0.1) is 10.2 Å². The van der Waals surface area contributed by atoms with Gasteiger partial charge in [-0.05, 0) is 19.1 Å². The Morgan fingerprint density at radius 2 is 2.14 bits per heavy atom. The first kappa shape index (κ1) is 19.4. The monoisotopic (exact) mass is 414 g/mol. The molecule has 4 heterocycles. The van der Waals surface area contributed by atoms with Crippen LogP contribution in [0.2, 0.25) is 0 Å². The van der Waals surface area contributed by atoms with E-state index in [0.717, 1.165) is 44.2 Å². The maximum Gasteiger partial charge on any atom is 0.259 e. The van der Waals surface area contributed by atoms with Crippen molar-refractivity contribution in [2.24, 2.45) is 0 Å². The number of nitrogens with zero attached hydrogens (tertiary/aromatic N) is 7. The summed E-state index contributed by atoms with van der Waals surface area (Å²) in [5.74, 6) is 2.02. The Balaban J connectivity index is 1.33. The largest absolute Gasteiger partial charge is 0.354 e. The van der Waals surface area contributed by atoms with Crippen molar-refractivity contribution >= 4 is 28.2 Å². The van der Waals surface area contributed by atoms with Gasteiger partial charge < -0.3 is 9.42 Å². The zero-order chi connectivity index (χ0) is 20.2. The molecule has 1 fully saturated rings. The van der Waals surface area contributed by atoms with Crippen LogP contribution in [0.25, 0.3) is 0 Å². The standard InChI is InChI=1S/C18H22N8O2S/c1-3-14-21-17(28-24-14)12(2)25-6-8-26(9-7-25)15-5-4-13(10-19-15)16(27)22-18-23-20-11-29-18/h4-5,10-12H,3,6-9H2,1-2H3,(H,22,23,27). The third-order valence-electron chi connectivity index (χ3n) is 4.93. The van der Waals surface area contributed by atoms with Crippen LogP contribution < -0.4 is 10.2 Å². The van der Waals surface area contributed by atoms with Crippen molar-refractivity contribution in [2.45, 2.75) is 26.3 Å². The van der Waals surface area contributed by atoms with Gasteiger partial charge in [0.25, 0.3) is 5.91 Å². The van der Waals surface area contributed by atoms with Crippen LogP contribution in [-0.2, 0) is 6.42 Å². The molecule has 10 nitrogen and oxygen atoms in total. The van der Waals surface area contributed by atoms with Crippen LogP contribution >= 0.6 is 11.3 Å². The number of amides is 1. The quantitative estimate of drug-likeness (QED) is 0.647. The summed E-state index contributed by atoms with van der Waals surface area (Å²) in [5.41, 5.74) is 2.05. The van der Waals surface area contributed by atoms with Crippen LogP contribution in [0.15, 0.2) is 28.4 Å². The molecule has 4 rings (SSSR count). The normalized spacial score (nSPS) is 16.0. The number of aryl methyl sites for hydroxylation is 1. The summed E-state index contributed by atoms with van der Waals surface area (Å²) in [6.45, 7) is 7.51. The van der Waals surface area contributed by atoms with Crippen molar-refractivity contribution in [1.29, 1.82) is 0 Å². The van der Waals surface area contributed by atoms with Gasteiger partial charge in [0.1, 0.15) is 11.3 Å². The minimum absolute atomic E-state index is 0.0873. The number of carbonyl (C=O) groups is 1. The smallest absolute Gasteiger partial charge is 0.259 e. The van der Waals surface area contributed by atoms with E-state index in [1.54, 1.807) is 17.8 Å². The molecule has 1 aliphatic rings. The molecule has 0 radical (unpaired) electrons. The lowest BCUT2D eigenvalue weighted by Crippen LogP contribution is -2.47. The van der Waals surface area contributed by atoms with E-state index in [2.05, 4.69) is 47.4 Å². The Hall–Kier alpha value is -2.92. The number of aromatic nitrogens is 5. The summed E-state index contributed by atoms with van der Waals surface area (Å²) in [6.07, 6.45) is 2.36. The molecule has 1 aliphatic heterocycles. The molecule has 3 aromatic rings. The Bertz CT molecular complexity index is 935. The van der Waals surface area contributed by atoms with E-state index in [-0.39, 0.29) is 11.9 Å². The van der Waals surface area contributed by atoms with E-state index in [1.807, 2.05) is 13.0 Å². The molecule has 0 aliphatic carbocycles. The summed E-state index contributed by atoms with van der Waals surface area (Å²) < 4.78 is 5.38. The average Bonchev–Trinajstić information content (AvgIpc) is 3.45. The highest BCUT2D eigenvalue weighted by atomic mass is 32.1. The number of carbonyl (C=O) groups excluding carboxylic acids is 1. The van der Waals surface area contributed by atoms with Crippen molar-refractivity contribution in [1.82, 2.24) is 30.2 Å². The average molecular weight is 414 g/mol. The van der Waals surface area contributed by atoms with E-state index in [9.17, 15) is 4.79 Å². The Morgan fingerprint density at radius 1 is 1.31 bits per heavy atom. The molecule has 1 unspecified atom stereocenters. The Labute approximate surface area is 172 Å². The van der Waals surface area contributed by atoms with Crippen molar-refractivity contribution < 1.29 is 9.32 Å². The lowest BCUT2D eigenvalue weighted by molar-refractivity contribution is 0.102. The molecule has 152 valence electrons. The van der Waals surface area contributed by atoms with Gasteiger partial charge in [0.15, 0.2) is 5.82 Å². The fourth-order valence-electron chi connectivity index (χ4n) is 3.18. The van der Waals surface area contributed by atoms with E-state index < -0.39 is 0 Å². The highest BCUT2D eigenvalue weighted by Gasteiger charge is 2.26. The van der Waals surface area contributed by atoms with Crippen LogP contribution in [0, 0.1) is 0 Å². The molecular weight excluding hydrogens is 392 g/mol. The molecule has 0 saturated carbocycles. The van der Waals surface area contributed by atoms with Gasteiger partial charge in [-0.25, -0.2) is 4.98 Å². The highest BCUT2D eigenvalue weighted by Crippen LogP contribution is 2.22. The number of hydrogen-bond donors (Lipinski definition) is 1. The van der Waals surface area contributed by atoms with E-state index in [1.165, 1.54) is 11.3 Å². The maximum atomic E-state index is 12.2. The molecule has 29 heavy (non-hydrogen) atoms. The SMILES string of the molecule is CCc1noc(C(C)N2CCN(c3ccc(C(=O)Nc4nncs4)cn3)CC2)n1. The maximum absolute atomic E-state index is 12.2. The predicted octanol–water partition coefficient (Wildman–Crippen LogP) is 2.01. The van der Waals surface area contributed by atoms with Gasteiger partial charge >= 0.3 is 0 Å². The second kappa shape index (κ2) is 8.62. The predicted molar refractivity (Wildman–Crippen MR) is 108 cm³/mol. The van der Waals surface area contributed by atoms with Gasteiger partial charge in [0.2, 0.25) is 11.0 Å². The first-order valence-corrected chi connectivity index (χ1v) is 10.4. The first-order valence-electron chi connectivity index (χ1n) is 9.49. The third kappa shape index (κ3) is 4.40. The number of hydrogen-bond acceptors (Lipinski definition) is 10. The zero-order valence-corrected chi connectivity index (χ0v) is 17.1. The Morgan fingerprint density at radius 3 is 2.76 bits per heavy atom. The number of piperazine rings is 1. The van der Waals surface area contributed by atoms with E-state index >= 15 is 0 Å². The molecule has 3 aromatic heterocycles. The second-order valence-electron chi connectivity index (χ2n) is 6.70. The summed E-state index contributed by atoms with van der Waals surface area (Å²) >= 11 is 1.27. The molecule has 1 saturated heterocycles. The van der Waals surface area contributed by atoms with E-state index in [0.29, 0.717) is 16.6 Å². The van der Waals surface area contributed by atoms with Crippen molar-refractivity contribution in [2.75, 3.05) is 36.4 Å². The summed E-state index contributed by atoms with van der Waals surface area (Å²) in [4.78, 5) is 25.7. The topological polar surface area (TPSA) is 113 Å². The molecule has 0 spiro atoms. The molecule has 1 atom stereocenters. The van der Waals surface area contributed by atoms with Gasteiger partial charge in [0.05, 0.1) is 11.6 Å². The fraction of sp³-hybridized carbons (Fsp3) is 0.444. The number of nitrogens with one attached hydrogen (secondary N) is 1. The van der Waals surface area contributed by atoms with Crippen LogP contribution in [0.3, 0.4) is 0 Å². The third-order valence-corrected chi connectivity index (χ3v) is 5.54. The molecule has 11 heteroatoms. The van der Waals surface area contributed by atoms with Crippen LogP contribution in [-0.4, -0.2) is 62.3 Å². The fourth-order valence-corrected chi connectivity index (χ4v) is 3.62. The first-order chi connectivity index (χ1) is 14.1. The van der Waals surface area contributed by atoms with Crippen LogP contribution in [0.4, 0.5) is 10.9 Å². The lowest BCUT2D eigenvalue weighted by atomic mass is 10.2. The zero-order valence-electron chi connectivity index (χ0n) is 16.3. The summed E-state index contributed by atoms with van der Waals surface area (Å²) in [5, 5.41) is 14.7. The van der Waals surface area contributed by atoms with Gasteiger partial charge in [-0.3, -0.25) is 15.0 Å². The van der Waals surface area contributed by atoms with Gasteiger partial charge in [-0.2, -0.15) is 4.98 Å². The molecular formula is C18H22N8O2S. The minimum Gasteiger partial charge on any atom is -0.354 e. The van der Waals surface area contributed by atoms with Crippen molar-refractivity contribution in [3.63, 3.8) is 0 Å². The molecule has 0 bridgehead atoms. The van der Waals surface area contributed by atoms with Gasteiger partial charge in [0, 0.05) is 38.8 Å². The van der Waals surface area contributed by atoms with Crippen molar-refractivity contribution in [3.05, 3.63) is 41.1 Å². The molecule has 0 aromatic carbocycles. The van der Waals surface area contributed by atoms with Crippen LogP contribution in [0.1, 0.15) is 42.0 Å². The van der Waals surface area contributed by atoms with Crippen LogP contribution in [0.5, 0.6) is 0 Å². The Kier molecular flexibility index (Phi) is 5.76. The van der Waals surface area contributed by atoms with E-state index in [4.69, 9.17) is 4.52 Å². The molecule has 1 N–H and O–H groups in total.